The number of carbonyl (C=O) groups is 1. The third-order valence-electron chi connectivity index (χ3n) is 6.25. The molecular weight excluding hydrogens is 418 g/mol. The van der Waals surface area contributed by atoms with Crippen molar-refractivity contribution < 1.29 is 18.8 Å². The summed E-state index contributed by atoms with van der Waals surface area (Å²) in [6.45, 7) is 5.28. The van der Waals surface area contributed by atoms with Gasteiger partial charge in [0.05, 0.1) is 32.4 Å². The Morgan fingerprint density at radius 3 is 2.67 bits per heavy atom. The first kappa shape index (κ1) is 21.5. The zero-order valence-corrected chi connectivity index (χ0v) is 19.1. The summed E-state index contributed by atoms with van der Waals surface area (Å²) in [7, 11) is 1.61. The average Bonchev–Trinajstić information content (AvgIpc) is 3.61. The Morgan fingerprint density at radius 2 is 1.94 bits per heavy atom. The summed E-state index contributed by atoms with van der Waals surface area (Å²) in [5.41, 5.74) is 4.52. The molecule has 5 rings (SSSR count). The fourth-order valence-corrected chi connectivity index (χ4v) is 4.32. The van der Waals surface area contributed by atoms with E-state index in [9.17, 15) is 4.79 Å². The van der Waals surface area contributed by atoms with Crippen LogP contribution in [-0.2, 0) is 11.3 Å². The predicted molar refractivity (Wildman–Crippen MR) is 126 cm³/mol. The van der Waals surface area contributed by atoms with Gasteiger partial charge in [-0.3, -0.25) is 4.79 Å². The van der Waals surface area contributed by atoms with Gasteiger partial charge in [0.1, 0.15) is 11.4 Å². The molecule has 0 unspecified atom stereocenters. The van der Waals surface area contributed by atoms with Gasteiger partial charge in [-0.05, 0) is 44.0 Å². The predicted octanol–water partition coefficient (Wildman–Crippen LogP) is 4.30. The second-order valence-corrected chi connectivity index (χ2v) is 8.68. The maximum atomic E-state index is 13.6. The smallest absolute Gasteiger partial charge is 0.254 e. The van der Waals surface area contributed by atoms with Crippen LogP contribution in [0.25, 0.3) is 11.3 Å². The number of morpholine rings is 1. The molecule has 1 aliphatic heterocycles. The second-order valence-electron chi connectivity index (χ2n) is 8.68. The van der Waals surface area contributed by atoms with Crippen molar-refractivity contribution in [3.63, 3.8) is 0 Å². The van der Waals surface area contributed by atoms with Gasteiger partial charge in [-0.1, -0.05) is 35.0 Å². The van der Waals surface area contributed by atoms with Gasteiger partial charge >= 0.3 is 0 Å². The highest BCUT2D eigenvalue weighted by atomic mass is 16.5. The Hall–Kier alpha value is -3.32. The fraction of sp³-hybridized carbons (Fsp3) is 0.385. The average molecular weight is 448 g/mol. The molecule has 1 aromatic heterocycles. The van der Waals surface area contributed by atoms with Crippen molar-refractivity contribution in [1.29, 1.82) is 0 Å². The molecule has 33 heavy (non-hydrogen) atoms. The van der Waals surface area contributed by atoms with E-state index in [2.05, 4.69) is 29.1 Å². The Balaban J connectivity index is 1.53. The van der Waals surface area contributed by atoms with E-state index in [-0.39, 0.29) is 11.9 Å². The number of rotatable bonds is 7. The molecule has 0 N–H and O–H groups in total. The topological polar surface area (TPSA) is 68.0 Å². The molecule has 2 heterocycles. The number of nitrogens with zero attached hydrogens (tertiary/aromatic N) is 3. The number of aromatic nitrogens is 1. The molecule has 1 saturated heterocycles. The summed E-state index contributed by atoms with van der Waals surface area (Å²) in [5.74, 6) is 1.41. The highest BCUT2D eigenvalue weighted by Crippen LogP contribution is 2.37. The third-order valence-corrected chi connectivity index (χ3v) is 6.25. The summed E-state index contributed by atoms with van der Waals surface area (Å²) < 4.78 is 16.8. The largest absolute Gasteiger partial charge is 0.497 e. The molecule has 7 heteroatoms. The molecule has 2 aromatic carbocycles. The van der Waals surface area contributed by atoms with Crippen LogP contribution in [0.1, 0.15) is 34.3 Å². The number of aryl methyl sites for hydroxylation is 1. The first-order valence-electron chi connectivity index (χ1n) is 11.5. The SMILES string of the molecule is COc1cccc(C(=O)N(Cc2c(-c3cccc(C)c3)noc2N2CCOCC2)C2CC2)c1. The Labute approximate surface area is 193 Å². The minimum absolute atomic E-state index is 0.000666. The van der Waals surface area contributed by atoms with Crippen molar-refractivity contribution in [2.24, 2.45) is 0 Å². The van der Waals surface area contributed by atoms with Crippen LogP contribution in [0.3, 0.4) is 0 Å². The molecular formula is C26H29N3O4. The molecule has 172 valence electrons. The first-order valence-corrected chi connectivity index (χ1v) is 11.5. The van der Waals surface area contributed by atoms with Crippen LogP contribution in [0, 0.1) is 6.92 Å². The van der Waals surface area contributed by atoms with Gasteiger partial charge in [-0.25, -0.2) is 0 Å². The number of hydrogen-bond donors (Lipinski definition) is 0. The van der Waals surface area contributed by atoms with Gasteiger partial charge in [0.2, 0.25) is 5.88 Å². The van der Waals surface area contributed by atoms with Crippen LogP contribution in [0.4, 0.5) is 5.88 Å². The van der Waals surface area contributed by atoms with E-state index in [1.54, 1.807) is 13.2 Å². The number of methoxy groups -OCH3 is 1. The lowest BCUT2D eigenvalue weighted by Crippen LogP contribution is -2.37. The molecule has 2 aliphatic rings. The number of benzene rings is 2. The first-order chi connectivity index (χ1) is 16.1. The summed E-state index contributed by atoms with van der Waals surface area (Å²) in [5, 5.41) is 4.48. The van der Waals surface area contributed by atoms with Crippen molar-refractivity contribution in [1.82, 2.24) is 10.1 Å². The number of ether oxygens (including phenoxy) is 2. The molecule has 2 fully saturated rings. The van der Waals surface area contributed by atoms with E-state index in [0.717, 1.165) is 54.2 Å². The van der Waals surface area contributed by atoms with Crippen LogP contribution in [0.2, 0.25) is 0 Å². The lowest BCUT2D eigenvalue weighted by Gasteiger charge is -2.28. The van der Waals surface area contributed by atoms with E-state index < -0.39 is 0 Å². The highest BCUT2D eigenvalue weighted by molar-refractivity contribution is 5.95. The summed E-state index contributed by atoms with van der Waals surface area (Å²) >= 11 is 0. The zero-order chi connectivity index (χ0) is 22.8. The molecule has 1 amide bonds. The van der Waals surface area contributed by atoms with Gasteiger partial charge in [0.25, 0.3) is 5.91 Å². The third kappa shape index (κ3) is 4.59. The zero-order valence-electron chi connectivity index (χ0n) is 19.1. The standard InChI is InChI=1S/C26H29N3O4/c1-18-5-3-6-19(15-18)24-23(26(33-27-24)28-11-13-32-14-12-28)17-29(21-9-10-21)25(30)20-7-4-8-22(16-20)31-2/h3-8,15-16,21H,9-14,17H2,1-2H3. The monoisotopic (exact) mass is 447 g/mol. The van der Waals surface area contributed by atoms with Crippen LogP contribution in [-0.4, -0.2) is 55.4 Å². The number of carbonyl (C=O) groups excluding carboxylic acids is 1. The summed E-state index contributed by atoms with van der Waals surface area (Å²) in [4.78, 5) is 17.7. The number of anilines is 1. The van der Waals surface area contributed by atoms with Crippen LogP contribution < -0.4 is 9.64 Å². The van der Waals surface area contributed by atoms with E-state index in [1.807, 2.05) is 35.2 Å². The Bertz CT molecular complexity index is 1130. The van der Waals surface area contributed by atoms with Crippen LogP contribution in [0.5, 0.6) is 5.75 Å². The van der Waals surface area contributed by atoms with Crippen LogP contribution in [0.15, 0.2) is 53.1 Å². The molecule has 3 aromatic rings. The van der Waals surface area contributed by atoms with Crippen molar-refractivity contribution in [2.45, 2.75) is 32.4 Å². The van der Waals surface area contributed by atoms with Crippen LogP contribution >= 0.6 is 0 Å². The molecule has 0 radical (unpaired) electrons. The lowest BCUT2D eigenvalue weighted by atomic mass is 10.0. The van der Waals surface area contributed by atoms with Crippen molar-refractivity contribution >= 4 is 11.8 Å². The van der Waals surface area contributed by atoms with Crippen molar-refractivity contribution in [2.75, 3.05) is 38.3 Å². The van der Waals surface area contributed by atoms with E-state index in [0.29, 0.717) is 31.1 Å². The number of hydrogen-bond acceptors (Lipinski definition) is 6. The quantitative estimate of drug-likeness (QED) is 0.538. The minimum atomic E-state index is 0.000666. The second kappa shape index (κ2) is 9.27. The Morgan fingerprint density at radius 1 is 1.15 bits per heavy atom. The summed E-state index contributed by atoms with van der Waals surface area (Å²) in [6, 6.07) is 15.8. The van der Waals surface area contributed by atoms with Gasteiger partial charge in [-0.15, -0.1) is 0 Å². The van der Waals surface area contributed by atoms with E-state index in [4.69, 9.17) is 14.0 Å². The maximum Gasteiger partial charge on any atom is 0.254 e. The normalized spacial score (nSPS) is 16.0. The summed E-state index contributed by atoms with van der Waals surface area (Å²) in [6.07, 6.45) is 2.02. The van der Waals surface area contributed by atoms with Gasteiger partial charge < -0.3 is 23.8 Å². The van der Waals surface area contributed by atoms with Crippen molar-refractivity contribution in [3.05, 3.63) is 65.2 Å². The maximum absolute atomic E-state index is 13.6. The van der Waals surface area contributed by atoms with Gasteiger partial charge in [0, 0.05) is 30.3 Å². The highest BCUT2D eigenvalue weighted by Gasteiger charge is 2.36. The Kier molecular flexibility index (Phi) is 6.05. The number of amides is 1. The van der Waals surface area contributed by atoms with Gasteiger partial charge in [0.15, 0.2) is 0 Å². The molecule has 1 aliphatic carbocycles. The van der Waals surface area contributed by atoms with E-state index in [1.165, 1.54) is 0 Å². The molecule has 0 bridgehead atoms. The molecule has 1 saturated carbocycles. The fourth-order valence-electron chi connectivity index (χ4n) is 4.32. The lowest BCUT2D eigenvalue weighted by molar-refractivity contribution is 0.0729. The van der Waals surface area contributed by atoms with E-state index >= 15 is 0 Å². The minimum Gasteiger partial charge on any atom is -0.497 e. The molecule has 0 atom stereocenters. The molecule has 0 spiro atoms. The van der Waals surface area contributed by atoms with Crippen molar-refractivity contribution in [3.8, 4) is 17.0 Å². The van der Waals surface area contributed by atoms with Gasteiger partial charge in [-0.2, -0.15) is 0 Å². The molecule has 7 nitrogen and oxygen atoms in total.